The summed E-state index contributed by atoms with van der Waals surface area (Å²) in [6.45, 7) is 4.94. The van der Waals surface area contributed by atoms with Crippen LogP contribution in [0.15, 0.2) is 17.5 Å². The third kappa shape index (κ3) is 3.23. The van der Waals surface area contributed by atoms with Crippen LogP contribution in [0.2, 0.25) is 0 Å². The van der Waals surface area contributed by atoms with Gasteiger partial charge in [0.15, 0.2) is 0 Å². The average Bonchev–Trinajstić information content (AvgIpc) is 2.86. The highest BCUT2D eigenvalue weighted by molar-refractivity contribution is 7.09. The lowest BCUT2D eigenvalue weighted by atomic mass is 10.2. The molecular weight excluding hydrogens is 256 g/mol. The highest BCUT2D eigenvalue weighted by atomic mass is 32.1. The van der Waals surface area contributed by atoms with Gasteiger partial charge in [-0.3, -0.25) is 0 Å². The number of nitrogen functional groups attached to an aromatic ring is 1. The van der Waals surface area contributed by atoms with Crippen molar-refractivity contribution in [2.45, 2.75) is 33.2 Å². The van der Waals surface area contributed by atoms with Crippen molar-refractivity contribution in [1.29, 1.82) is 0 Å². The summed E-state index contributed by atoms with van der Waals surface area (Å²) < 4.78 is 0. The van der Waals surface area contributed by atoms with Gasteiger partial charge < -0.3 is 10.6 Å². The molecule has 19 heavy (non-hydrogen) atoms. The quantitative estimate of drug-likeness (QED) is 0.912. The van der Waals surface area contributed by atoms with Crippen LogP contribution in [0.5, 0.6) is 0 Å². The maximum Gasteiger partial charge on any atom is 0.137 e. The van der Waals surface area contributed by atoms with E-state index < -0.39 is 0 Å². The standard InChI is InChI=1S/C14H20N4S/c1-4-6-12-16-13(15)10(2)14(17-12)18(3)9-11-7-5-8-19-11/h5,7-8H,4,6,9H2,1-3H3,(H2,15,16,17). The van der Waals surface area contributed by atoms with Crippen LogP contribution in [-0.2, 0) is 13.0 Å². The Labute approximate surface area is 118 Å². The molecule has 5 heteroatoms. The van der Waals surface area contributed by atoms with E-state index in [1.54, 1.807) is 11.3 Å². The van der Waals surface area contributed by atoms with E-state index in [2.05, 4.69) is 39.3 Å². The van der Waals surface area contributed by atoms with Gasteiger partial charge in [-0.2, -0.15) is 0 Å². The topological polar surface area (TPSA) is 55.0 Å². The third-order valence-electron chi connectivity index (χ3n) is 3.01. The minimum atomic E-state index is 0.589. The molecule has 2 aromatic rings. The van der Waals surface area contributed by atoms with E-state index in [0.717, 1.165) is 36.6 Å². The molecule has 102 valence electrons. The largest absolute Gasteiger partial charge is 0.383 e. The fourth-order valence-corrected chi connectivity index (χ4v) is 2.74. The van der Waals surface area contributed by atoms with Crippen molar-refractivity contribution in [2.75, 3.05) is 17.7 Å². The Hall–Kier alpha value is -1.62. The molecule has 0 unspecified atom stereocenters. The lowest BCUT2D eigenvalue weighted by Gasteiger charge is -2.20. The number of aromatic nitrogens is 2. The average molecular weight is 276 g/mol. The van der Waals surface area contributed by atoms with Crippen LogP contribution in [0.4, 0.5) is 11.6 Å². The molecule has 0 spiro atoms. The van der Waals surface area contributed by atoms with Crippen molar-refractivity contribution in [3.63, 3.8) is 0 Å². The van der Waals surface area contributed by atoms with E-state index >= 15 is 0 Å². The van der Waals surface area contributed by atoms with Gasteiger partial charge in [-0.25, -0.2) is 9.97 Å². The molecule has 0 saturated carbocycles. The first-order valence-electron chi connectivity index (χ1n) is 6.48. The van der Waals surface area contributed by atoms with E-state index in [9.17, 15) is 0 Å². The Morgan fingerprint density at radius 2 is 2.16 bits per heavy atom. The fourth-order valence-electron chi connectivity index (χ4n) is 1.99. The number of anilines is 2. The predicted molar refractivity (Wildman–Crippen MR) is 81.6 cm³/mol. The van der Waals surface area contributed by atoms with Gasteiger partial charge in [0.05, 0.1) is 6.54 Å². The lowest BCUT2D eigenvalue weighted by Crippen LogP contribution is -2.20. The maximum absolute atomic E-state index is 5.99. The molecule has 0 amide bonds. The monoisotopic (exact) mass is 276 g/mol. The molecule has 0 saturated heterocycles. The Bertz CT molecular complexity index is 537. The summed E-state index contributed by atoms with van der Waals surface area (Å²) in [5, 5.41) is 2.09. The molecule has 0 fully saturated rings. The van der Waals surface area contributed by atoms with Gasteiger partial charge in [-0.15, -0.1) is 11.3 Å². The van der Waals surface area contributed by atoms with Gasteiger partial charge in [0.1, 0.15) is 17.5 Å². The predicted octanol–water partition coefficient (Wildman–Crippen LogP) is 3.02. The van der Waals surface area contributed by atoms with Crippen molar-refractivity contribution in [3.05, 3.63) is 33.8 Å². The Kier molecular flexibility index (Phi) is 4.37. The van der Waals surface area contributed by atoms with Crippen LogP contribution >= 0.6 is 11.3 Å². The fraction of sp³-hybridized carbons (Fsp3) is 0.429. The van der Waals surface area contributed by atoms with Gasteiger partial charge in [-0.1, -0.05) is 13.0 Å². The second-order valence-electron chi connectivity index (χ2n) is 4.66. The number of rotatable bonds is 5. The van der Waals surface area contributed by atoms with Crippen molar-refractivity contribution in [3.8, 4) is 0 Å². The first-order chi connectivity index (χ1) is 9.11. The van der Waals surface area contributed by atoms with Crippen LogP contribution in [0.3, 0.4) is 0 Å². The van der Waals surface area contributed by atoms with Gasteiger partial charge in [0.2, 0.25) is 0 Å². The van der Waals surface area contributed by atoms with Crippen LogP contribution in [0.25, 0.3) is 0 Å². The Balaban J connectivity index is 2.26. The van der Waals surface area contributed by atoms with Crippen LogP contribution < -0.4 is 10.6 Å². The smallest absolute Gasteiger partial charge is 0.137 e. The van der Waals surface area contributed by atoms with Gasteiger partial charge in [0.25, 0.3) is 0 Å². The van der Waals surface area contributed by atoms with Crippen LogP contribution in [-0.4, -0.2) is 17.0 Å². The minimum Gasteiger partial charge on any atom is -0.383 e. The van der Waals surface area contributed by atoms with Crippen molar-refractivity contribution >= 4 is 23.0 Å². The molecule has 0 atom stereocenters. The number of hydrogen-bond acceptors (Lipinski definition) is 5. The molecule has 2 N–H and O–H groups in total. The second-order valence-corrected chi connectivity index (χ2v) is 5.69. The zero-order chi connectivity index (χ0) is 13.8. The molecule has 2 heterocycles. The summed E-state index contributed by atoms with van der Waals surface area (Å²) in [6.07, 6.45) is 1.89. The molecular formula is C14H20N4S. The van der Waals surface area contributed by atoms with E-state index in [4.69, 9.17) is 5.73 Å². The first kappa shape index (κ1) is 13.8. The highest BCUT2D eigenvalue weighted by Gasteiger charge is 2.13. The molecule has 0 aliphatic rings. The zero-order valence-corrected chi connectivity index (χ0v) is 12.5. The van der Waals surface area contributed by atoms with Crippen molar-refractivity contribution in [2.24, 2.45) is 0 Å². The second kappa shape index (κ2) is 6.02. The number of aryl methyl sites for hydroxylation is 1. The number of thiophene rings is 1. The summed E-state index contributed by atoms with van der Waals surface area (Å²) in [4.78, 5) is 12.4. The molecule has 0 bridgehead atoms. The normalized spacial score (nSPS) is 10.7. The number of hydrogen-bond donors (Lipinski definition) is 1. The molecule has 2 aromatic heterocycles. The van der Waals surface area contributed by atoms with Gasteiger partial charge in [0, 0.05) is 23.9 Å². The SMILES string of the molecule is CCCc1nc(N)c(C)c(N(C)Cc2cccs2)n1. The summed E-state index contributed by atoms with van der Waals surface area (Å²) in [7, 11) is 2.05. The van der Waals surface area contributed by atoms with Crippen molar-refractivity contribution < 1.29 is 0 Å². The number of nitrogens with two attached hydrogens (primary N) is 1. The van der Waals surface area contributed by atoms with Gasteiger partial charge in [-0.05, 0) is 24.8 Å². The van der Waals surface area contributed by atoms with E-state index in [0.29, 0.717) is 5.82 Å². The molecule has 4 nitrogen and oxygen atoms in total. The van der Waals surface area contributed by atoms with Crippen LogP contribution in [0, 0.1) is 6.92 Å². The summed E-state index contributed by atoms with van der Waals surface area (Å²) in [5.41, 5.74) is 6.95. The van der Waals surface area contributed by atoms with E-state index in [1.807, 2.05) is 14.0 Å². The Morgan fingerprint density at radius 3 is 2.79 bits per heavy atom. The molecule has 0 aliphatic heterocycles. The first-order valence-corrected chi connectivity index (χ1v) is 7.36. The molecule has 0 aromatic carbocycles. The van der Waals surface area contributed by atoms with E-state index in [-0.39, 0.29) is 0 Å². The minimum absolute atomic E-state index is 0.589. The summed E-state index contributed by atoms with van der Waals surface area (Å²) in [6, 6.07) is 4.20. The van der Waals surface area contributed by atoms with Gasteiger partial charge >= 0.3 is 0 Å². The lowest BCUT2D eigenvalue weighted by molar-refractivity contribution is 0.812. The van der Waals surface area contributed by atoms with Crippen LogP contribution in [0.1, 0.15) is 29.6 Å². The maximum atomic E-state index is 5.99. The van der Waals surface area contributed by atoms with Crippen molar-refractivity contribution in [1.82, 2.24) is 9.97 Å². The summed E-state index contributed by atoms with van der Waals surface area (Å²) >= 11 is 1.75. The molecule has 0 aliphatic carbocycles. The third-order valence-corrected chi connectivity index (χ3v) is 3.87. The number of nitrogens with zero attached hydrogens (tertiary/aromatic N) is 3. The zero-order valence-electron chi connectivity index (χ0n) is 11.7. The molecule has 0 radical (unpaired) electrons. The summed E-state index contributed by atoms with van der Waals surface area (Å²) in [5.74, 6) is 2.36. The highest BCUT2D eigenvalue weighted by Crippen LogP contribution is 2.23. The molecule has 2 rings (SSSR count). The van der Waals surface area contributed by atoms with E-state index in [1.165, 1.54) is 4.88 Å². The Morgan fingerprint density at radius 1 is 1.37 bits per heavy atom.